The number of hydrogen-bond donors (Lipinski definition) is 1. The molecule has 0 aliphatic heterocycles. The molecule has 1 heterocycles. The number of pyridine rings is 1. The minimum Gasteiger partial charge on any atom is -0.481 e. The number of ether oxygens (including phenoxy) is 1. The van der Waals surface area contributed by atoms with Crippen molar-refractivity contribution in [1.29, 1.82) is 0 Å². The first-order valence-electron chi connectivity index (χ1n) is 6.61. The topological polar surface area (TPSA) is 34.1 Å². The lowest BCUT2D eigenvalue weighted by molar-refractivity contribution is 0.397. The van der Waals surface area contributed by atoms with Gasteiger partial charge < -0.3 is 10.1 Å². The zero-order valence-corrected chi connectivity index (χ0v) is 10.6. The van der Waals surface area contributed by atoms with Gasteiger partial charge in [-0.2, -0.15) is 0 Å². The Morgan fingerprint density at radius 1 is 1.24 bits per heavy atom. The number of methoxy groups -OCH3 is 1. The molecule has 3 nitrogen and oxygen atoms in total. The zero-order valence-electron chi connectivity index (χ0n) is 10.6. The van der Waals surface area contributed by atoms with Gasteiger partial charge in [0.2, 0.25) is 5.88 Å². The molecule has 1 aromatic rings. The van der Waals surface area contributed by atoms with Crippen LogP contribution in [-0.2, 0) is 6.54 Å². The molecule has 2 rings (SSSR count). The SMILES string of the molecule is COc1ccc(CNC2CCCCCC2)cn1. The van der Waals surface area contributed by atoms with Gasteiger partial charge in [0.15, 0.2) is 0 Å². The van der Waals surface area contributed by atoms with E-state index in [0.29, 0.717) is 11.9 Å². The Labute approximate surface area is 104 Å². The molecule has 1 N–H and O–H groups in total. The molecular formula is C14H22N2O. The molecule has 3 heteroatoms. The molecule has 0 aromatic carbocycles. The normalized spacial score (nSPS) is 17.7. The number of nitrogens with zero attached hydrogens (tertiary/aromatic N) is 1. The van der Waals surface area contributed by atoms with E-state index in [1.165, 1.54) is 44.1 Å². The van der Waals surface area contributed by atoms with Gasteiger partial charge in [-0.15, -0.1) is 0 Å². The first-order valence-corrected chi connectivity index (χ1v) is 6.61. The van der Waals surface area contributed by atoms with Crippen LogP contribution in [-0.4, -0.2) is 18.1 Å². The van der Waals surface area contributed by atoms with Crippen molar-refractivity contribution in [2.24, 2.45) is 0 Å². The summed E-state index contributed by atoms with van der Waals surface area (Å²) in [5, 5.41) is 3.63. The molecule has 1 aromatic heterocycles. The van der Waals surface area contributed by atoms with Crippen LogP contribution in [0.25, 0.3) is 0 Å². The predicted molar refractivity (Wildman–Crippen MR) is 69.1 cm³/mol. The average molecular weight is 234 g/mol. The summed E-state index contributed by atoms with van der Waals surface area (Å²) in [6.07, 6.45) is 10.1. The van der Waals surface area contributed by atoms with Gasteiger partial charge in [-0.3, -0.25) is 0 Å². The third-order valence-electron chi connectivity index (χ3n) is 3.46. The molecule has 0 bridgehead atoms. The number of nitrogens with one attached hydrogen (secondary N) is 1. The predicted octanol–water partition coefficient (Wildman–Crippen LogP) is 2.90. The van der Waals surface area contributed by atoms with E-state index in [2.05, 4.69) is 16.4 Å². The summed E-state index contributed by atoms with van der Waals surface area (Å²) >= 11 is 0. The summed E-state index contributed by atoms with van der Waals surface area (Å²) in [5.41, 5.74) is 1.23. The monoisotopic (exact) mass is 234 g/mol. The first kappa shape index (κ1) is 12.4. The van der Waals surface area contributed by atoms with Gasteiger partial charge >= 0.3 is 0 Å². The second-order valence-corrected chi connectivity index (χ2v) is 4.78. The molecule has 1 aliphatic rings. The van der Waals surface area contributed by atoms with Crippen LogP contribution in [0.15, 0.2) is 18.3 Å². The number of rotatable bonds is 4. The molecular weight excluding hydrogens is 212 g/mol. The second kappa shape index (κ2) is 6.60. The van der Waals surface area contributed by atoms with Gasteiger partial charge in [-0.1, -0.05) is 31.7 Å². The van der Waals surface area contributed by atoms with Crippen LogP contribution in [0.2, 0.25) is 0 Å². The number of aromatic nitrogens is 1. The van der Waals surface area contributed by atoms with Crippen molar-refractivity contribution >= 4 is 0 Å². The van der Waals surface area contributed by atoms with Crippen molar-refractivity contribution in [3.05, 3.63) is 23.9 Å². The van der Waals surface area contributed by atoms with Gasteiger partial charge in [-0.25, -0.2) is 4.98 Å². The first-order chi connectivity index (χ1) is 8.38. The molecule has 0 radical (unpaired) electrons. The van der Waals surface area contributed by atoms with Gasteiger partial charge in [0, 0.05) is 24.8 Å². The Balaban J connectivity index is 1.79. The molecule has 94 valence electrons. The van der Waals surface area contributed by atoms with Crippen molar-refractivity contribution in [3.8, 4) is 5.88 Å². The minimum absolute atomic E-state index is 0.684. The highest BCUT2D eigenvalue weighted by atomic mass is 16.5. The lowest BCUT2D eigenvalue weighted by Gasteiger charge is -2.16. The maximum Gasteiger partial charge on any atom is 0.212 e. The van der Waals surface area contributed by atoms with E-state index in [-0.39, 0.29) is 0 Å². The lowest BCUT2D eigenvalue weighted by atomic mass is 10.1. The van der Waals surface area contributed by atoms with E-state index in [1.807, 2.05) is 12.3 Å². The Morgan fingerprint density at radius 2 is 2.00 bits per heavy atom. The molecule has 0 amide bonds. The summed E-state index contributed by atoms with van der Waals surface area (Å²) in [4.78, 5) is 4.22. The summed E-state index contributed by atoms with van der Waals surface area (Å²) in [6.45, 7) is 0.918. The third-order valence-corrected chi connectivity index (χ3v) is 3.46. The van der Waals surface area contributed by atoms with Crippen LogP contribution >= 0.6 is 0 Å². The molecule has 0 spiro atoms. The van der Waals surface area contributed by atoms with Crippen molar-refractivity contribution in [1.82, 2.24) is 10.3 Å². The molecule has 1 fully saturated rings. The van der Waals surface area contributed by atoms with Gasteiger partial charge in [0.25, 0.3) is 0 Å². The van der Waals surface area contributed by atoms with Crippen LogP contribution in [0, 0.1) is 0 Å². The fourth-order valence-electron chi connectivity index (χ4n) is 2.38. The zero-order chi connectivity index (χ0) is 11.9. The van der Waals surface area contributed by atoms with Crippen LogP contribution in [0.1, 0.15) is 44.1 Å². The largest absolute Gasteiger partial charge is 0.481 e. The van der Waals surface area contributed by atoms with Crippen molar-refractivity contribution in [2.45, 2.75) is 51.1 Å². The van der Waals surface area contributed by atoms with Gasteiger partial charge in [-0.05, 0) is 18.4 Å². The lowest BCUT2D eigenvalue weighted by Crippen LogP contribution is -2.27. The highest BCUT2D eigenvalue weighted by Crippen LogP contribution is 2.17. The van der Waals surface area contributed by atoms with E-state index in [9.17, 15) is 0 Å². The second-order valence-electron chi connectivity index (χ2n) is 4.78. The fourth-order valence-corrected chi connectivity index (χ4v) is 2.38. The Hall–Kier alpha value is -1.09. The third kappa shape index (κ3) is 4.00. The summed E-state index contributed by atoms with van der Waals surface area (Å²) in [7, 11) is 1.64. The van der Waals surface area contributed by atoms with Crippen molar-refractivity contribution < 1.29 is 4.74 Å². The molecule has 0 saturated heterocycles. The average Bonchev–Trinajstić information content (AvgIpc) is 2.65. The van der Waals surface area contributed by atoms with E-state index in [4.69, 9.17) is 4.74 Å². The molecule has 0 atom stereocenters. The van der Waals surface area contributed by atoms with Crippen molar-refractivity contribution in [2.75, 3.05) is 7.11 Å². The van der Waals surface area contributed by atoms with E-state index in [1.54, 1.807) is 7.11 Å². The van der Waals surface area contributed by atoms with E-state index >= 15 is 0 Å². The van der Waals surface area contributed by atoms with Gasteiger partial charge in [0.05, 0.1) is 7.11 Å². The summed E-state index contributed by atoms with van der Waals surface area (Å²) in [5.74, 6) is 0.684. The fraction of sp³-hybridized carbons (Fsp3) is 0.643. The standard InChI is InChI=1S/C14H22N2O/c1-17-14-9-8-12(11-16-14)10-15-13-6-4-2-3-5-7-13/h8-9,11,13,15H,2-7,10H2,1H3. The summed E-state index contributed by atoms with van der Waals surface area (Å²) in [6, 6.07) is 4.69. The van der Waals surface area contributed by atoms with Crippen LogP contribution in [0.4, 0.5) is 0 Å². The van der Waals surface area contributed by atoms with Crippen LogP contribution in [0.5, 0.6) is 5.88 Å². The quantitative estimate of drug-likeness (QED) is 0.813. The summed E-state index contributed by atoms with van der Waals surface area (Å²) < 4.78 is 5.05. The van der Waals surface area contributed by atoms with E-state index < -0.39 is 0 Å². The maximum atomic E-state index is 5.05. The Morgan fingerprint density at radius 3 is 2.59 bits per heavy atom. The molecule has 1 saturated carbocycles. The highest BCUT2D eigenvalue weighted by Gasteiger charge is 2.11. The minimum atomic E-state index is 0.684. The smallest absolute Gasteiger partial charge is 0.212 e. The van der Waals surface area contributed by atoms with Crippen molar-refractivity contribution in [3.63, 3.8) is 0 Å². The molecule has 1 aliphatic carbocycles. The number of hydrogen-bond acceptors (Lipinski definition) is 3. The molecule has 0 unspecified atom stereocenters. The van der Waals surface area contributed by atoms with Crippen LogP contribution < -0.4 is 10.1 Å². The Bertz CT molecular complexity index is 315. The van der Waals surface area contributed by atoms with E-state index in [0.717, 1.165) is 6.54 Å². The Kier molecular flexibility index (Phi) is 4.80. The molecule has 17 heavy (non-hydrogen) atoms. The maximum absolute atomic E-state index is 5.05. The van der Waals surface area contributed by atoms with Gasteiger partial charge in [0.1, 0.15) is 0 Å². The van der Waals surface area contributed by atoms with Crippen LogP contribution in [0.3, 0.4) is 0 Å². The highest BCUT2D eigenvalue weighted by molar-refractivity contribution is 5.17.